The van der Waals surface area contributed by atoms with Gasteiger partial charge in [0.1, 0.15) is 5.00 Å². The first-order valence-electron chi connectivity index (χ1n) is 11.6. The topological polar surface area (TPSA) is 89.3 Å². The summed E-state index contributed by atoms with van der Waals surface area (Å²) in [5.41, 5.74) is 3.55. The average Bonchev–Trinajstić information content (AvgIpc) is 3.45. The third kappa shape index (κ3) is 4.44. The minimum absolute atomic E-state index is 0.0914. The van der Waals surface area contributed by atoms with Crippen LogP contribution in [0.2, 0.25) is 0 Å². The van der Waals surface area contributed by atoms with Gasteiger partial charge in [-0.15, -0.1) is 11.3 Å². The Morgan fingerprint density at radius 2 is 1.86 bits per heavy atom. The van der Waals surface area contributed by atoms with Crippen LogP contribution in [-0.4, -0.2) is 57.8 Å². The zero-order valence-electron chi connectivity index (χ0n) is 19.9. The summed E-state index contributed by atoms with van der Waals surface area (Å²) in [5, 5.41) is 8.72. The van der Waals surface area contributed by atoms with Crippen LogP contribution < -0.4 is 5.32 Å². The van der Waals surface area contributed by atoms with E-state index in [1.54, 1.807) is 23.4 Å². The van der Waals surface area contributed by atoms with E-state index in [1.165, 1.54) is 11.3 Å². The Morgan fingerprint density at radius 1 is 1.11 bits per heavy atom. The maximum Gasteiger partial charge on any atom is 0.257 e. The highest BCUT2D eigenvalue weighted by Gasteiger charge is 2.28. The minimum Gasteiger partial charge on any atom is -0.378 e. The molecule has 0 saturated carbocycles. The molecule has 0 atom stereocenters. The lowest BCUT2D eigenvalue weighted by Crippen LogP contribution is -2.41. The van der Waals surface area contributed by atoms with Crippen LogP contribution in [-0.2, 0) is 4.74 Å². The molecular formula is C26H27N5O3S. The van der Waals surface area contributed by atoms with Crippen molar-refractivity contribution in [2.45, 2.75) is 26.8 Å². The zero-order chi connectivity index (χ0) is 24.5. The molecule has 4 aromatic rings. The maximum atomic E-state index is 13.5. The van der Waals surface area contributed by atoms with Gasteiger partial charge in [-0.05, 0) is 38.0 Å². The highest BCUT2D eigenvalue weighted by molar-refractivity contribution is 7.20. The van der Waals surface area contributed by atoms with Gasteiger partial charge in [0.15, 0.2) is 5.65 Å². The largest absolute Gasteiger partial charge is 0.378 e. The van der Waals surface area contributed by atoms with E-state index in [4.69, 9.17) is 4.74 Å². The van der Waals surface area contributed by atoms with Gasteiger partial charge in [0.25, 0.3) is 11.8 Å². The molecular weight excluding hydrogens is 462 g/mol. The molecule has 1 N–H and O–H groups in total. The number of rotatable bonds is 5. The number of hydrogen-bond acceptors (Lipinski definition) is 6. The van der Waals surface area contributed by atoms with Crippen LogP contribution in [0, 0.1) is 6.92 Å². The lowest BCUT2D eigenvalue weighted by molar-refractivity contribution is 0.0303. The molecule has 1 aliphatic rings. The molecule has 5 rings (SSSR count). The number of nitrogens with zero attached hydrogens (tertiary/aromatic N) is 4. The molecule has 35 heavy (non-hydrogen) atoms. The molecule has 180 valence electrons. The SMILES string of the molecule is Cc1c(-c2ccccc2)sc(NC(=O)c2cnc3c(cnn3C(C)C)c2)c1C(=O)N1CCOCC1. The Balaban J connectivity index is 1.51. The highest BCUT2D eigenvalue weighted by Crippen LogP contribution is 2.40. The zero-order valence-corrected chi connectivity index (χ0v) is 20.8. The monoisotopic (exact) mass is 489 g/mol. The van der Waals surface area contributed by atoms with Crippen molar-refractivity contribution in [1.29, 1.82) is 0 Å². The summed E-state index contributed by atoms with van der Waals surface area (Å²) < 4.78 is 7.24. The second-order valence-corrected chi connectivity index (χ2v) is 9.83. The number of hydrogen-bond donors (Lipinski definition) is 1. The number of aromatic nitrogens is 3. The second kappa shape index (κ2) is 9.59. The second-order valence-electron chi connectivity index (χ2n) is 8.80. The van der Waals surface area contributed by atoms with E-state index in [0.717, 1.165) is 27.0 Å². The summed E-state index contributed by atoms with van der Waals surface area (Å²) in [5.74, 6) is -0.403. The van der Waals surface area contributed by atoms with E-state index >= 15 is 0 Å². The molecule has 0 bridgehead atoms. The van der Waals surface area contributed by atoms with Gasteiger partial charge < -0.3 is 15.0 Å². The van der Waals surface area contributed by atoms with E-state index in [-0.39, 0.29) is 17.9 Å². The van der Waals surface area contributed by atoms with Crippen LogP contribution in [0.15, 0.2) is 48.8 Å². The van der Waals surface area contributed by atoms with E-state index < -0.39 is 0 Å². The summed E-state index contributed by atoms with van der Waals surface area (Å²) in [6, 6.07) is 11.9. The first-order valence-corrected chi connectivity index (χ1v) is 12.5. The molecule has 0 radical (unpaired) electrons. The first-order chi connectivity index (χ1) is 16.9. The molecule has 8 nitrogen and oxygen atoms in total. The fourth-order valence-electron chi connectivity index (χ4n) is 4.27. The molecule has 0 unspecified atom stereocenters. The summed E-state index contributed by atoms with van der Waals surface area (Å²) in [6.45, 7) is 8.09. The van der Waals surface area contributed by atoms with Crippen LogP contribution in [0.1, 0.15) is 46.2 Å². The number of ether oxygens (including phenoxy) is 1. The van der Waals surface area contributed by atoms with E-state index in [0.29, 0.717) is 42.4 Å². The number of fused-ring (bicyclic) bond motifs is 1. The Hall–Kier alpha value is -3.56. The Bertz CT molecular complexity index is 1390. The molecule has 9 heteroatoms. The molecule has 3 aromatic heterocycles. The number of carbonyl (C=O) groups is 2. The lowest BCUT2D eigenvalue weighted by Gasteiger charge is -2.27. The summed E-state index contributed by atoms with van der Waals surface area (Å²) >= 11 is 1.42. The number of carbonyl (C=O) groups excluding carboxylic acids is 2. The number of morpholine rings is 1. The van der Waals surface area contributed by atoms with Gasteiger partial charge in [0.05, 0.1) is 30.5 Å². The summed E-state index contributed by atoms with van der Waals surface area (Å²) in [7, 11) is 0. The van der Waals surface area contributed by atoms with Gasteiger partial charge >= 0.3 is 0 Å². The fourth-order valence-corrected chi connectivity index (χ4v) is 5.47. The predicted molar refractivity (Wildman–Crippen MR) is 137 cm³/mol. The average molecular weight is 490 g/mol. The van der Waals surface area contributed by atoms with Crippen LogP contribution >= 0.6 is 11.3 Å². The van der Waals surface area contributed by atoms with Gasteiger partial charge in [-0.1, -0.05) is 30.3 Å². The number of amides is 2. The van der Waals surface area contributed by atoms with Crippen LogP contribution in [0.3, 0.4) is 0 Å². The smallest absolute Gasteiger partial charge is 0.257 e. The Kier molecular flexibility index (Phi) is 6.36. The van der Waals surface area contributed by atoms with Crippen molar-refractivity contribution < 1.29 is 14.3 Å². The van der Waals surface area contributed by atoms with E-state index in [1.807, 2.05) is 55.8 Å². The molecule has 1 aromatic carbocycles. The lowest BCUT2D eigenvalue weighted by atomic mass is 10.1. The number of thiophene rings is 1. The molecule has 0 spiro atoms. The van der Waals surface area contributed by atoms with Crippen LogP contribution in [0.4, 0.5) is 5.00 Å². The van der Waals surface area contributed by atoms with Gasteiger partial charge in [-0.25, -0.2) is 9.67 Å². The van der Waals surface area contributed by atoms with Crippen molar-refractivity contribution in [3.05, 3.63) is 65.5 Å². The predicted octanol–water partition coefficient (Wildman–Crippen LogP) is 4.77. The minimum atomic E-state index is -0.311. The Labute approximate surface area is 207 Å². The molecule has 4 heterocycles. The normalized spacial score (nSPS) is 14.0. The standard InChI is InChI=1S/C26H27N5O3S/c1-16(2)31-23-19(15-28-31)13-20(14-27-23)24(32)29-25-21(26(33)30-9-11-34-12-10-30)17(3)22(35-25)18-7-5-4-6-8-18/h4-8,13-16H,9-12H2,1-3H3,(H,29,32). The third-order valence-corrected chi connectivity index (χ3v) is 7.36. The fraction of sp³-hybridized carbons (Fsp3) is 0.308. The Morgan fingerprint density at radius 3 is 2.57 bits per heavy atom. The molecule has 1 fully saturated rings. The van der Waals surface area contributed by atoms with Crippen molar-refractivity contribution in [3.8, 4) is 10.4 Å². The highest BCUT2D eigenvalue weighted by atomic mass is 32.1. The quantitative estimate of drug-likeness (QED) is 0.436. The molecule has 0 aliphatic carbocycles. The maximum absolute atomic E-state index is 13.5. The molecule has 1 saturated heterocycles. The third-order valence-electron chi connectivity index (χ3n) is 6.11. The van der Waals surface area contributed by atoms with Crippen molar-refractivity contribution in [2.75, 3.05) is 31.6 Å². The van der Waals surface area contributed by atoms with Crippen LogP contribution in [0.5, 0.6) is 0 Å². The summed E-state index contributed by atoms with van der Waals surface area (Å²) in [4.78, 5) is 34.1. The summed E-state index contributed by atoms with van der Waals surface area (Å²) in [6.07, 6.45) is 3.27. The van der Waals surface area contributed by atoms with Crippen molar-refractivity contribution in [1.82, 2.24) is 19.7 Å². The number of benzene rings is 1. The number of pyridine rings is 1. The van der Waals surface area contributed by atoms with Crippen molar-refractivity contribution in [2.24, 2.45) is 0 Å². The van der Waals surface area contributed by atoms with E-state index in [9.17, 15) is 9.59 Å². The molecule has 1 aliphatic heterocycles. The van der Waals surface area contributed by atoms with Crippen molar-refractivity contribution in [3.63, 3.8) is 0 Å². The first kappa shape index (κ1) is 23.2. The van der Waals surface area contributed by atoms with Gasteiger partial charge in [-0.3, -0.25) is 9.59 Å². The van der Waals surface area contributed by atoms with Crippen molar-refractivity contribution >= 4 is 39.2 Å². The van der Waals surface area contributed by atoms with Crippen LogP contribution in [0.25, 0.3) is 21.5 Å². The van der Waals surface area contributed by atoms with E-state index in [2.05, 4.69) is 15.4 Å². The number of nitrogens with one attached hydrogen (secondary N) is 1. The van der Waals surface area contributed by atoms with Gasteiger partial charge in [0.2, 0.25) is 0 Å². The number of anilines is 1. The van der Waals surface area contributed by atoms with Gasteiger partial charge in [-0.2, -0.15) is 5.10 Å². The molecule has 2 amide bonds. The van der Waals surface area contributed by atoms with Gasteiger partial charge in [0, 0.05) is 35.6 Å².